The van der Waals surface area contributed by atoms with Gasteiger partial charge < -0.3 is 14.7 Å². The van der Waals surface area contributed by atoms with Crippen LogP contribution in [0.5, 0.6) is 5.75 Å². The van der Waals surface area contributed by atoms with E-state index in [-0.39, 0.29) is 0 Å². The first-order valence-corrected chi connectivity index (χ1v) is 10.1. The van der Waals surface area contributed by atoms with Gasteiger partial charge in [-0.3, -0.25) is 4.90 Å². The molecular weight excluding hydrogens is 336 g/mol. The molecular formula is C23H32N2O2. The Labute approximate surface area is 163 Å². The van der Waals surface area contributed by atoms with E-state index in [1.54, 1.807) is 0 Å². The van der Waals surface area contributed by atoms with Crippen molar-refractivity contribution < 1.29 is 9.84 Å². The highest BCUT2D eigenvalue weighted by molar-refractivity contribution is 5.46. The average Bonchev–Trinajstić information content (AvgIpc) is 2.73. The van der Waals surface area contributed by atoms with Gasteiger partial charge in [0.15, 0.2) is 0 Å². The topological polar surface area (TPSA) is 35.9 Å². The van der Waals surface area contributed by atoms with Crippen LogP contribution in [0.15, 0.2) is 54.6 Å². The van der Waals surface area contributed by atoms with E-state index < -0.39 is 6.10 Å². The third-order valence-electron chi connectivity index (χ3n) is 5.46. The normalized spacial score (nSPS) is 17.5. The fraction of sp³-hybridized carbons (Fsp3) is 0.478. The molecule has 0 aliphatic carbocycles. The molecule has 0 spiro atoms. The fourth-order valence-electron chi connectivity index (χ4n) is 3.60. The van der Waals surface area contributed by atoms with E-state index in [9.17, 15) is 5.11 Å². The second kappa shape index (κ2) is 9.77. The van der Waals surface area contributed by atoms with Gasteiger partial charge in [-0.2, -0.15) is 0 Å². The Morgan fingerprint density at radius 1 is 0.963 bits per heavy atom. The standard InChI is InChI=1S/C23H32N2O2/c1-3-19(2)22-11-7-8-12-23(22)27-18-21(26)17-24-13-15-25(16-14-24)20-9-5-4-6-10-20/h4-12,19,21,26H,3,13-18H2,1-2H3/t19-,21-/m0/s1. The second-order valence-corrected chi connectivity index (χ2v) is 7.44. The number of piperazine rings is 1. The number of rotatable bonds is 8. The summed E-state index contributed by atoms with van der Waals surface area (Å²) < 4.78 is 5.97. The maximum atomic E-state index is 10.5. The minimum absolute atomic E-state index is 0.340. The number of hydrogen-bond donors (Lipinski definition) is 1. The van der Waals surface area contributed by atoms with Gasteiger partial charge in [-0.1, -0.05) is 50.2 Å². The predicted molar refractivity (Wildman–Crippen MR) is 112 cm³/mol. The molecule has 1 N–H and O–H groups in total. The molecule has 1 aliphatic heterocycles. The first-order valence-electron chi connectivity index (χ1n) is 10.1. The van der Waals surface area contributed by atoms with Gasteiger partial charge in [0.2, 0.25) is 0 Å². The number of aliphatic hydroxyl groups is 1. The van der Waals surface area contributed by atoms with Crippen molar-refractivity contribution in [1.29, 1.82) is 0 Å². The molecule has 0 amide bonds. The molecule has 0 saturated carbocycles. The highest BCUT2D eigenvalue weighted by Crippen LogP contribution is 2.28. The summed E-state index contributed by atoms with van der Waals surface area (Å²) >= 11 is 0. The molecule has 1 heterocycles. The summed E-state index contributed by atoms with van der Waals surface area (Å²) in [5.74, 6) is 1.37. The molecule has 27 heavy (non-hydrogen) atoms. The summed E-state index contributed by atoms with van der Waals surface area (Å²) in [6.07, 6.45) is 0.604. The molecule has 0 unspecified atom stereocenters. The Balaban J connectivity index is 1.45. The van der Waals surface area contributed by atoms with Crippen LogP contribution < -0.4 is 9.64 Å². The molecule has 1 saturated heterocycles. The number of para-hydroxylation sites is 2. The Morgan fingerprint density at radius 2 is 1.63 bits per heavy atom. The maximum absolute atomic E-state index is 10.5. The largest absolute Gasteiger partial charge is 0.491 e. The lowest BCUT2D eigenvalue weighted by atomic mass is 9.98. The van der Waals surface area contributed by atoms with Crippen LogP contribution in [-0.2, 0) is 0 Å². The SMILES string of the molecule is CC[C@H](C)c1ccccc1OC[C@@H](O)CN1CCN(c2ccccc2)CC1. The van der Waals surface area contributed by atoms with E-state index in [0.717, 1.165) is 38.3 Å². The van der Waals surface area contributed by atoms with Crippen LogP contribution in [0.3, 0.4) is 0 Å². The minimum Gasteiger partial charge on any atom is -0.491 e. The van der Waals surface area contributed by atoms with Crippen LogP contribution in [0.25, 0.3) is 0 Å². The van der Waals surface area contributed by atoms with Gasteiger partial charge in [0.1, 0.15) is 18.5 Å². The Hall–Kier alpha value is -2.04. The molecule has 2 aromatic carbocycles. The zero-order chi connectivity index (χ0) is 19.1. The van der Waals surface area contributed by atoms with Gasteiger partial charge in [0, 0.05) is 38.4 Å². The zero-order valence-corrected chi connectivity index (χ0v) is 16.6. The molecule has 1 fully saturated rings. The molecule has 0 radical (unpaired) electrons. The van der Waals surface area contributed by atoms with Crippen LogP contribution in [0, 0.1) is 0 Å². The van der Waals surface area contributed by atoms with Crippen molar-refractivity contribution in [3.8, 4) is 5.75 Å². The Bertz CT molecular complexity index is 684. The Morgan fingerprint density at radius 3 is 2.33 bits per heavy atom. The zero-order valence-electron chi connectivity index (χ0n) is 16.6. The highest BCUT2D eigenvalue weighted by Gasteiger charge is 2.20. The van der Waals surface area contributed by atoms with Crippen molar-refractivity contribution in [2.24, 2.45) is 0 Å². The van der Waals surface area contributed by atoms with Crippen LogP contribution in [0.1, 0.15) is 31.7 Å². The van der Waals surface area contributed by atoms with E-state index in [1.165, 1.54) is 11.3 Å². The van der Waals surface area contributed by atoms with E-state index in [0.29, 0.717) is 19.1 Å². The predicted octanol–water partition coefficient (Wildman–Crippen LogP) is 3.76. The lowest BCUT2D eigenvalue weighted by Crippen LogP contribution is -2.49. The summed E-state index contributed by atoms with van der Waals surface area (Å²) in [6, 6.07) is 18.7. The van der Waals surface area contributed by atoms with E-state index in [1.807, 2.05) is 12.1 Å². The molecule has 4 nitrogen and oxygen atoms in total. The summed E-state index contributed by atoms with van der Waals surface area (Å²) in [4.78, 5) is 4.73. The van der Waals surface area contributed by atoms with Gasteiger partial charge in [-0.15, -0.1) is 0 Å². The van der Waals surface area contributed by atoms with Crippen molar-refractivity contribution in [1.82, 2.24) is 4.90 Å². The van der Waals surface area contributed by atoms with Crippen molar-refractivity contribution in [2.75, 3.05) is 44.2 Å². The first-order chi connectivity index (χ1) is 13.2. The van der Waals surface area contributed by atoms with Crippen molar-refractivity contribution in [3.05, 3.63) is 60.2 Å². The number of ether oxygens (including phenoxy) is 1. The minimum atomic E-state index is -0.474. The smallest absolute Gasteiger partial charge is 0.122 e. The molecule has 0 bridgehead atoms. The van der Waals surface area contributed by atoms with Gasteiger partial charge in [-0.05, 0) is 36.1 Å². The van der Waals surface area contributed by atoms with E-state index in [2.05, 4.69) is 66.1 Å². The van der Waals surface area contributed by atoms with Gasteiger partial charge >= 0.3 is 0 Å². The summed E-state index contributed by atoms with van der Waals surface area (Å²) in [6.45, 7) is 9.32. The van der Waals surface area contributed by atoms with E-state index in [4.69, 9.17) is 4.74 Å². The van der Waals surface area contributed by atoms with Crippen molar-refractivity contribution >= 4 is 5.69 Å². The van der Waals surface area contributed by atoms with E-state index >= 15 is 0 Å². The molecule has 1 aliphatic rings. The number of β-amino-alcohol motifs (C(OH)–C–C–N with tert-alkyl or cyclic N) is 1. The van der Waals surface area contributed by atoms with Gasteiger partial charge in [0.05, 0.1) is 0 Å². The van der Waals surface area contributed by atoms with Crippen molar-refractivity contribution in [2.45, 2.75) is 32.3 Å². The molecule has 3 rings (SSSR count). The third-order valence-corrected chi connectivity index (χ3v) is 5.46. The summed E-state index contributed by atoms with van der Waals surface area (Å²) in [7, 11) is 0. The number of anilines is 1. The first kappa shape index (κ1) is 19.7. The van der Waals surface area contributed by atoms with Gasteiger partial charge in [-0.25, -0.2) is 0 Å². The van der Waals surface area contributed by atoms with Crippen LogP contribution in [0.2, 0.25) is 0 Å². The molecule has 2 atom stereocenters. The Kier molecular flexibility index (Phi) is 7.13. The number of aliphatic hydroxyl groups excluding tert-OH is 1. The number of nitrogens with zero attached hydrogens (tertiary/aromatic N) is 2. The van der Waals surface area contributed by atoms with Crippen molar-refractivity contribution in [3.63, 3.8) is 0 Å². The lowest BCUT2D eigenvalue weighted by Gasteiger charge is -2.36. The highest BCUT2D eigenvalue weighted by atomic mass is 16.5. The lowest BCUT2D eigenvalue weighted by molar-refractivity contribution is 0.0658. The van der Waals surface area contributed by atoms with Gasteiger partial charge in [0.25, 0.3) is 0 Å². The van der Waals surface area contributed by atoms with Crippen LogP contribution in [-0.4, -0.2) is 55.4 Å². The monoisotopic (exact) mass is 368 g/mol. The second-order valence-electron chi connectivity index (χ2n) is 7.44. The molecule has 4 heteroatoms. The number of benzene rings is 2. The summed E-state index contributed by atoms with van der Waals surface area (Å²) in [5, 5.41) is 10.5. The van der Waals surface area contributed by atoms with Crippen LogP contribution >= 0.6 is 0 Å². The number of hydrogen-bond acceptors (Lipinski definition) is 4. The fourth-order valence-corrected chi connectivity index (χ4v) is 3.60. The van der Waals surface area contributed by atoms with Crippen LogP contribution in [0.4, 0.5) is 5.69 Å². The average molecular weight is 369 g/mol. The molecule has 146 valence electrons. The maximum Gasteiger partial charge on any atom is 0.122 e. The molecule has 2 aromatic rings. The molecule has 0 aromatic heterocycles. The summed E-state index contributed by atoms with van der Waals surface area (Å²) in [5.41, 5.74) is 2.51. The third kappa shape index (κ3) is 5.47. The quantitative estimate of drug-likeness (QED) is 0.770.